The number of aromatic nitrogens is 1. The number of aliphatic carboxylic acids is 1. The van der Waals surface area contributed by atoms with Gasteiger partial charge < -0.3 is 10.4 Å². The number of hydrogen-bond acceptors (Lipinski definition) is 3. The number of nitrogens with one attached hydrogen (secondary N) is 1. The second-order valence-corrected chi connectivity index (χ2v) is 3.33. The Bertz CT molecular complexity index is 395. The molecule has 6 heteroatoms. The van der Waals surface area contributed by atoms with Crippen LogP contribution in [0.25, 0.3) is 0 Å². The number of carboxylic acid groups (broad SMARTS) is 1. The molecule has 0 saturated heterocycles. The number of carbonyl (C=O) groups is 2. The van der Waals surface area contributed by atoms with E-state index in [1.54, 1.807) is 0 Å². The summed E-state index contributed by atoms with van der Waals surface area (Å²) in [5.74, 6) is -1.67. The van der Waals surface area contributed by atoms with Crippen LogP contribution in [0.2, 0.25) is 5.02 Å². The van der Waals surface area contributed by atoms with Crippen LogP contribution in [0.3, 0.4) is 0 Å². The van der Waals surface area contributed by atoms with Crippen molar-refractivity contribution in [3.8, 4) is 0 Å². The van der Waals surface area contributed by atoms with Crippen LogP contribution >= 0.6 is 11.6 Å². The van der Waals surface area contributed by atoms with E-state index in [0.717, 1.165) is 0 Å². The standard InChI is InChI=1S/C9H9ClN2O3/c1-5(9(14)15)12-8(13)7-4-6(10)2-3-11-7/h2-5H,1H3,(H,12,13)(H,14,15)/t5-/m1/s1. The van der Waals surface area contributed by atoms with Crippen molar-refractivity contribution in [1.29, 1.82) is 0 Å². The number of amides is 1. The van der Waals surface area contributed by atoms with Crippen LogP contribution < -0.4 is 5.32 Å². The number of carbonyl (C=O) groups excluding carboxylic acids is 1. The monoisotopic (exact) mass is 228 g/mol. The topological polar surface area (TPSA) is 79.3 Å². The molecule has 0 spiro atoms. The van der Waals surface area contributed by atoms with E-state index in [1.165, 1.54) is 25.3 Å². The predicted octanol–water partition coefficient (Wildman–Crippen LogP) is 0.938. The van der Waals surface area contributed by atoms with Gasteiger partial charge in [-0.2, -0.15) is 0 Å². The first-order chi connectivity index (χ1) is 7.00. The van der Waals surface area contributed by atoms with E-state index in [1.807, 2.05) is 0 Å². The van der Waals surface area contributed by atoms with Gasteiger partial charge in [0.2, 0.25) is 0 Å². The van der Waals surface area contributed by atoms with Crippen molar-refractivity contribution in [2.24, 2.45) is 0 Å². The van der Waals surface area contributed by atoms with Gasteiger partial charge in [-0.05, 0) is 19.1 Å². The van der Waals surface area contributed by atoms with Crippen LogP contribution in [0.5, 0.6) is 0 Å². The van der Waals surface area contributed by atoms with Gasteiger partial charge in [-0.3, -0.25) is 14.6 Å². The molecule has 0 aliphatic carbocycles. The third-order valence-electron chi connectivity index (χ3n) is 1.67. The lowest BCUT2D eigenvalue weighted by atomic mass is 10.3. The maximum absolute atomic E-state index is 11.4. The molecule has 1 amide bonds. The molecule has 0 bridgehead atoms. The van der Waals surface area contributed by atoms with Gasteiger partial charge in [0.05, 0.1) is 0 Å². The molecule has 0 fully saturated rings. The number of pyridine rings is 1. The SMILES string of the molecule is C[C@@H](NC(=O)c1cc(Cl)ccn1)C(=O)O. The Hall–Kier alpha value is -1.62. The lowest BCUT2D eigenvalue weighted by Crippen LogP contribution is -2.38. The summed E-state index contributed by atoms with van der Waals surface area (Å²) >= 11 is 5.65. The first-order valence-electron chi connectivity index (χ1n) is 4.16. The molecule has 5 nitrogen and oxygen atoms in total. The van der Waals surface area contributed by atoms with E-state index in [9.17, 15) is 9.59 Å². The first kappa shape index (κ1) is 11.5. The van der Waals surface area contributed by atoms with Crippen LogP contribution in [-0.2, 0) is 4.79 Å². The summed E-state index contributed by atoms with van der Waals surface area (Å²) in [6.07, 6.45) is 1.38. The quantitative estimate of drug-likeness (QED) is 0.807. The number of nitrogens with zero attached hydrogens (tertiary/aromatic N) is 1. The van der Waals surface area contributed by atoms with Crippen molar-refractivity contribution in [3.63, 3.8) is 0 Å². The second kappa shape index (κ2) is 4.75. The largest absolute Gasteiger partial charge is 0.480 e. The molecule has 1 atom stereocenters. The fourth-order valence-electron chi connectivity index (χ4n) is 0.861. The number of carboxylic acids is 1. The highest BCUT2D eigenvalue weighted by molar-refractivity contribution is 6.30. The molecular formula is C9H9ClN2O3. The molecule has 0 saturated carbocycles. The second-order valence-electron chi connectivity index (χ2n) is 2.89. The van der Waals surface area contributed by atoms with Crippen molar-refractivity contribution >= 4 is 23.5 Å². The van der Waals surface area contributed by atoms with Crippen molar-refractivity contribution < 1.29 is 14.7 Å². The molecular weight excluding hydrogens is 220 g/mol. The van der Waals surface area contributed by atoms with Gasteiger partial charge >= 0.3 is 5.97 Å². The number of rotatable bonds is 3. The summed E-state index contributed by atoms with van der Waals surface area (Å²) in [6, 6.07) is 1.93. The van der Waals surface area contributed by atoms with Crippen LogP contribution in [-0.4, -0.2) is 28.0 Å². The summed E-state index contributed by atoms with van der Waals surface area (Å²) in [6.45, 7) is 1.37. The molecule has 0 aromatic carbocycles. The maximum Gasteiger partial charge on any atom is 0.325 e. The highest BCUT2D eigenvalue weighted by Crippen LogP contribution is 2.07. The summed E-state index contributed by atoms with van der Waals surface area (Å²) in [4.78, 5) is 25.7. The van der Waals surface area contributed by atoms with E-state index >= 15 is 0 Å². The summed E-state index contributed by atoms with van der Waals surface area (Å²) < 4.78 is 0. The van der Waals surface area contributed by atoms with E-state index in [0.29, 0.717) is 5.02 Å². The fraction of sp³-hybridized carbons (Fsp3) is 0.222. The summed E-state index contributed by atoms with van der Waals surface area (Å²) in [7, 11) is 0. The van der Waals surface area contributed by atoms with Gasteiger partial charge in [0.1, 0.15) is 11.7 Å². The van der Waals surface area contributed by atoms with E-state index in [4.69, 9.17) is 16.7 Å². The van der Waals surface area contributed by atoms with Crippen LogP contribution in [0, 0.1) is 0 Å². The lowest BCUT2D eigenvalue weighted by molar-refractivity contribution is -0.138. The normalized spacial score (nSPS) is 11.9. The Labute approximate surface area is 91.1 Å². The van der Waals surface area contributed by atoms with Crippen LogP contribution in [0.4, 0.5) is 0 Å². The maximum atomic E-state index is 11.4. The van der Waals surface area contributed by atoms with Crippen molar-refractivity contribution in [1.82, 2.24) is 10.3 Å². The zero-order valence-electron chi connectivity index (χ0n) is 7.90. The molecule has 1 heterocycles. The zero-order chi connectivity index (χ0) is 11.4. The van der Waals surface area contributed by atoms with Crippen molar-refractivity contribution in [2.45, 2.75) is 13.0 Å². The molecule has 0 radical (unpaired) electrons. The Morgan fingerprint density at radius 2 is 2.27 bits per heavy atom. The number of hydrogen-bond donors (Lipinski definition) is 2. The van der Waals surface area contributed by atoms with Gasteiger partial charge in [-0.25, -0.2) is 0 Å². The highest BCUT2D eigenvalue weighted by atomic mass is 35.5. The predicted molar refractivity (Wildman–Crippen MR) is 53.8 cm³/mol. The average molecular weight is 229 g/mol. The van der Waals surface area contributed by atoms with E-state index in [-0.39, 0.29) is 5.69 Å². The Kier molecular flexibility index (Phi) is 3.62. The summed E-state index contributed by atoms with van der Waals surface area (Å²) in [5, 5.41) is 11.2. The van der Waals surface area contributed by atoms with Gasteiger partial charge in [0.15, 0.2) is 0 Å². The average Bonchev–Trinajstić information content (AvgIpc) is 2.17. The minimum Gasteiger partial charge on any atom is -0.480 e. The third-order valence-corrected chi connectivity index (χ3v) is 1.91. The lowest BCUT2D eigenvalue weighted by Gasteiger charge is -2.08. The Morgan fingerprint density at radius 3 is 2.80 bits per heavy atom. The fourth-order valence-corrected chi connectivity index (χ4v) is 1.02. The summed E-state index contributed by atoms with van der Waals surface area (Å²) in [5.41, 5.74) is 0.0931. The van der Waals surface area contributed by atoms with Crippen LogP contribution in [0.1, 0.15) is 17.4 Å². The Morgan fingerprint density at radius 1 is 1.60 bits per heavy atom. The van der Waals surface area contributed by atoms with Crippen LogP contribution in [0.15, 0.2) is 18.3 Å². The molecule has 2 N–H and O–H groups in total. The molecule has 1 aromatic rings. The van der Waals surface area contributed by atoms with E-state index in [2.05, 4.69) is 10.3 Å². The molecule has 0 unspecified atom stereocenters. The van der Waals surface area contributed by atoms with E-state index < -0.39 is 17.9 Å². The first-order valence-corrected chi connectivity index (χ1v) is 4.53. The van der Waals surface area contributed by atoms with Crippen molar-refractivity contribution in [3.05, 3.63) is 29.0 Å². The zero-order valence-corrected chi connectivity index (χ0v) is 8.65. The number of halogens is 1. The third kappa shape index (κ3) is 3.21. The molecule has 1 aromatic heterocycles. The molecule has 80 valence electrons. The molecule has 0 aliphatic rings. The minimum absolute atomic E-state index is 0.0931. The van der Waals surface area contributed by atoms with Gasteiger partial charge in [-0.15, -0.1) is 0 Å². The molecule has 1 rings (SSSR count). The van der Waals surface area contributed by atoms with Gasteiger partial charge in [0.25, 0.3) is 5.91 Å². The molecule has 0 aliphatic heterocycles. The van der Waals surface area contributed by atoms with Gasteiger partial charge in [-0.1, -0.05) is 11.6 Å². The minimum atomic E-state index is -1.11. The smallest absolute Gasteiger partial charge is 0.325 e. The van der Waals surface area contributed by atoms with Crippen molar-refractivity contribution in [2.75, 3.05) is 0 Å². The van der Waals surface area contributed by atoms with Gasteiger partial charge in [0, 0.05) is 11.2 Å². The molecule has 15 heavy (non-hydrogen) atoms. The Balaban J connectivity index is 2.73. The highest BCUT2D eigenvalue weighted by Gasteiger charge is 2.15.